The maximum atomic E-state index is 13.2. The normalized spacial score (nSPS) is 12.4. The molecule has 2 aromatic carbocycles. The topological polar surface area (TPSA) is 46.2 Å². The van der Waals surface area contributed by atoms with Crippen molar-refractivity contribution >= 4 is 0 Å². The summed E-state index contributed by atoms with van der Waals surface area (Å²) in [5.41, 5.74) is 8.66. The van der Waals surface area contributed by atoms with Gasteiger partial charge in [-0.3, -0.25) is 0 Å². The van der Waals surface area contributed by atoms with Gasteiger partial charge in [0.2, 0.25) is 0 Å². The number of rotatable bonds is 4. The molecule has 1 atom stereocenters. The minimum atomic E-state index is -0.739. The smallest absolute Gasteiger partial charge is 0.126 e. The average molecular weight is 259 g/mol. The van der Waals surface area contributed by atoms with Crippen LogP contribution in [-0.2, 0) is 6.42 Å². The maximum absolute atomic E-state index is 13.2. The Labute approximate surface area is 112 Å². The zero-order chi connectivity index (χ0) is 13.8. The third-order valence-electron chi connectivity index (χ3n) is 3.20. The second-order valence-electron chi connectivity index (χ2n) is 4.69. The van der Waals surface area contributed by atoms with Crippen LogP contribution in [0.15, 0.2) is 42.5 Å². The number of halogens is 1. The molecule has 0 aliphatic rings. The van der Waals surface area contributed by atoms with Crippen molar-refractivity contribution in [1.29, 1.82) is 0 Å². The van der Waals surface area contributed by atoms with Crippen molar-refractivity contribution in [2.45, 2.75) is 19.4 Å². The molecular formula is C16H18FNO. The molecule has 0 bridgehead atoms. The van der Waals surface area contributed by atoms with E-state index in [9.17, 15) is 9.50 Å². The van der Waals surface area contributed by atoms with Crippen LogP contribution in [0.3, 0.4) is 0 Å². The SMILES string of the molecule is Cc1cc(C(O)c2cccc(CCN)c2)ccc1F. The van der Waals surface area contributed by atoms with E-state index in [1.807, 2.05) is 24.3 Å². The first kappa shape index (κ1) is 13.7. The van der Waals surface area contributed by atoms with E-state index in [0.717, 1.165) is 17.5 Å². The molecule has 0 saturated carbocycles. The molecule has 3 N–H and O–H groups in total. The second kappa shape index (κ2) is 5.95. The van der Waals surface area contributed by atoms with Crippen LogP contribution in [0.5, 0.6) is 0 Å². The lowest BCUT2D eigenvalue weighted by Gasteiger charge is -2.13. The highest BCUT2D eigenvalue weighted by atomic mass is 19.1. The maximum Gasteiger partial charge on any atom is 0.126 e. The van der Waals surface area contributed by atoms with E-state index >= 15 is 0 Å². The van der Waals surface area contributed by atoms with Crippen molar-refractivity contribution in [3.8, 4) is 0 Å². The molecule has 0 spiro atoms. The Kier molecular flexibility index (Phi) is 4.30. The fourth-order valence-electron chi connectivity index (χ4n) is 2.12. The van der Waals surface area contributed by atoms with Crippen molar-refractivity contribution in [3.05, 3.63) is 70.5 Å². The molecule has 2 rings (SSSR count). The van der Waals surface area contributed by atoms with E-state index in [4.69, 9.17) is 5.73 Å². The van der Waals surface area contributed by atoms with Gasteiger partial charge in [0.15, 0.2) is 0 Å². The largest absolute Gasteiger partial charge is 0.384 e. The van der Waals surface area contributed by atoms with Crippen molar-refractivity contribution in [3.63, 3.8) is 0 Å². The summed E-state index contributed by atoms with van der Waals surface area (Å²) in [6.45, 7) is 2.27. The molecule has 0 heterocycles. The van der Waals surface area contributed by atoms with Gasteiger partial charge in [-0.1, -0.05) is 36.4 Å². The van der Waals surface area contributed by atoms with Crippen molar-refractivity contribution < 1.29 is 9.50 Å². The van der Waals surface area contributed by atoms with Crippen molar-refractivity contribution in [2.24, 2.45) is 5.73 Å². The monoisotopic (exact) mass is 259 g/mol. The minimum absolute atomic E-state index is 0.257. The Hall–Kier alpha value is -1.71. The van der Waals surface area contributed by atoms with Crippen LogP contribution in [0.25, 0.3) is 0 Å². The number of aryl methyl sites for hydroxylation is 1. The summed E-state index contributed by atoms with van der Waals surface area (Å²) in [6.07, 6.45) is 0.0419. The number of benzene rings is 2. The summed E-state index contributed by atoms with van der Waals surface area (Å²) in [5.74, 6) is -0.257. The van der Waals surface area contributed by atoms with Crippen LogP contribution in [-0.4, -0.2) is 11.7 Å². The molecule has 0 radical (unpaired) electrons. The Balaban J connectivity index is 2.29. The lowest BCUT2D eigenvalue weighted by Crippen LogP contribution is -2.05. The molecule has 19 heavy (non-hydrogen) atoms. The number of aliphatic hydroxyl groups is 1. The first-order chi connectivity index (χ1) is 9.11. The molecule has 100 valence electrons. The first-order valence-electron chi connectivity index (χ1n) is 6.35. The predicted octanol–water partition coefficient (Wildman–Crippen LogP) is 2.72. The van der Waals surface area contributed by atoms with Gasteiger partial charge in [0.05, 0.1) is 0 Å². The summed E-state index contributed by atoms with van der Waals surface area (Å²) < 4.78 is 13.2. The molecule has 0 saturated heterocycles. The Morgan fingerprint density at radius 1 is 1.16 bits per heavy atom. The van der Waals surface area contributed by atoms with Gasteiger partial charge in [0.25, 0.3) is 0 Å². The third kappa shape index (κ3) is 3.19. The Bertz CT molecular complexity index is 568. The van der Waals surface area contributed by atoms with Gasteiger partial charge in [-0.05, 0) is 48.2 Å². The van der Waals surface area contributed by atoms with Crippen LogP contribution < -0.4 is 5.73 Å². The van der Waals surface area contributed by atoms with Gasteiger partial charge in [-0.25, -0.2) is 4.39 Å². The highest BCUT2D eigenvalue weighted by molar-refractivity contribution is 5.34. The van der Waals surface area contributed by atoms with Crippen LogP contribution in [0, 0.1) is 12.7 Å². The third-order valence-corrected chi connectivity index (χ3v) is 3.20. The fourth-order valence-corrected chi connectivity index (χ4v) is 2.12. The second-order valence-corrected chi connectivity index (χ2v) is 4.69. The van der Waals surface area contributed by atoms with Crippen LogP contribution in [0.4, 0.5) is 4.39 Å². The Morgan fingerprint density at radius 2 is 1.89 bits per heavy atom. The summed E-state index contributed by atoms with van der Waals surface area (Å²) in [4.78, 5) is 0. The van der Waals surface area contributed by atoms with E-state index < -0.39 is 6.10 Å². The molecule has 2 nitrogen and oxygen atoms in total. The van der Waals surface area contributed by atoms with Gasteiger partial charge in [-0.2, -0.15) is 0 Å². The van der Waals surface area contributed by atoms with E-state index in [0.29, 0.717) is 17.7 Å². The zero-order valence-electron chi connectivity index (χ0n) is 10.9. The lowest BCUT2D eigenvalue weighted by atomic mass is 9.97. The van der Waals surface area contributed by atoms with E-state index in [-0.39, 0.29) is 5.82 Å². The molecule has 2 aromatic rings. The van der Waals surface area contributed by atoms with Crippen LogP contribution >= 0.6 is 0 Å². The highest BCUT2D eigenvalue weighted by Gasteiger charge is 2.12. The van der Waals surface area contributed by atoms with Gasteiger partial charge in [0.1, 0.15) is 11.9 Å². The van der Waals surface area contributed by atoms with Crippen molar-refractivity contribution in [1.82, 2.24) is 0 Å². The predicted molar refractivity (Wildman–Crippen MR) is 74.4 cm³/mol. The lowest BCUT2D eigenvalue weighted by molar-refractivity contribution is 0.220. The first-order valence-corrected chi connectivity index (χ1v) is 6.35. The number of hydrogen-bond donors (Lipinski definition) is 2. The number of aliphatic hydroxyl groups excluding tert-OH is 1. The molecule has 1 unspecified atom stereocenters. The van der Waals surface area contributed by atoms with E-state index in [1.165, 1.54) is 6.07 Å². The highest BCUT2D eigenvalue weighted by Crippen LogP contribution is 2.24. The molecule has 0 aliphatic heterocycles. The summed E-state index contributed by atoms with van der Waals surface area (Å²) in [5, 5.41) is 10.3. The van der Waals surface area contributed by atoms with Crippen LogP contribution in [0.1, 0.15) is 28.4 Å². The summed E-state index contributed by atoms with van der Waals surface area (Å²) >= 11 is 0. The fraction of sp³-hybridized carbons (Fsp3) is 0.250. The van der Waals surface area contributed by atoms with Gasteiger partial charge in [0, 0.05) is 0 Å². The van der Waals surface area contributed by atoms with E-state index in [2.05, 4.69) is 0 Å². The molecule has 3 heteroatoms. The molecule has 0 amide bonds. The van der Waals surface area contributed by atoms with E-state index in [1.54, 1.807) is 19.1 Å². The molecular weight excluding hydrogens is 241 g/mol. The number of hydrogen-bond acceptors (Lipinski definition) is 2. The van der Waals surface area contributed by atoms with Crippen molar-refractivity contribution in [2.75, 3.05) is 6.54 Å². The number of nitrogens with two attached hydrogens (primary N) is 1. The Morgan fingerprint density at radius 3 is 2.58 bits per heavy atom. The quantitative estimate of drug-likeness (QED) is 0.886. The van der Waals surface area contributed by atoms with Crippen LogP contribution in [0.2, 0.25) is 0 Å². The molecule has 0 aromatic heterocycles. The standard InChI is InChI=1S/C16H18FNO/c1-11-9-14(5-6-15(11)17)16(19)13-4-2-3-12(10-13)7-8-18/h2-6,9-10,16,19H,7-8,18H2,1H3. The summed E-state index contributed by atoms with van der Waals surface area (Å²) in [7, 11) is 0. The van der Waals surface area contributed by atoms with Gasteiger partial charge in [-0.15, -0.1) is 0 Å². The minimum Gasteiger partial charge on any atom is -0.384 e. The zero-order valence-corrected chi connectivity index (χ0v) is 10.9. The average Bonchev–Trinajstić information content (AvgIpc) is 2.42. The van der Waals surface area contributed by atoms with Gasteiger partial charge >= 0.3 is 0 Å². The summed E-state index contributed by atoms with van der Waals surface area (Å²) in [6, 6.07) is 12.4. The molecule has 0 aliphatic carbocycles. The molecule has 0 fully saturated rings. The van der Waals surface area contributed by atoms with Gasteiger partial charge < -0.3 is 10.8 Å².